The first-order valence-electron chi connectivity index (χ1n) is 9.00. The van der Waals surface area contributed by atoms with E-state index in [1.165, 1.54) is 18.5 Å². The SMILES string of the molecule is N#Cc1cncc(C(=O)NC2[C@H]3CC(O)(c4cc(Cl)cc5[nH]ncc45)C[C@@H]23)c1. The number of carbonyl (C=O) groups excluding carboxylic acids is 1. The van der Waals surface area contributed by atoms with Crippen LogP contribution in [0.4, 0.5) is 0 Å². The third-order valence-corrected chi connectivity index (χ3v) is 6.15. The molecule has 0 aliphatic heterocycles. The number of fused-ring (bicyclic) bond motifs is 2. The molecule has 2 aliphatic rings. The number of aromatic nitrogens is 3. The Morgan fingerprint density at radius 2 is 2.07 bits per heavy atom. The summed E-state index contributed by atoms with van der Waals surface area (Å²) in [6, 6.07) is 7.13. The van der Waals surface area contributed by atoms with Crippen LogP contribution in [-0.2, 0) is 5.60 Å². The maximum atomic E-state index is 12.5. The Bertz CT molecular complexity index is 1140. The van der Waals surface area contributed by atoms with Crippen LogP contribution in [0.5, 0.6) is 0 Å². The quantitative estimate of drug-likeness (QED) is 0.632. The average Bonchev–Trinajstić information content (AvgIpc) is 3.06. The van der Waals surface area contributed by atoms with Crippen LogP contribution < -0.4 is 5.32 Å². The maximum Gasteiger partial charge on any atom is 0.253 e. The summed E-state index contributed by atoms with van der Waals surface area (Å²) in [6.07, 6.45) is 5.69. The van der Waals surface area contributed by atoms with Gasteiger partial charge in [0.1, 0.15) is 6.07 Å². The number of hydrogen-bond acceptors (Lipinski definition) is 5. The second-order valence-electron chi connectivity index (χ2n) is 7.63. The Balaban J connectivity index is 1.32. The summed E-state index contributed by atoms with van der Waals surface area (Å²) in [5.74, 6) is 0.177. The normalized spacial score (nSPS) is 28.0. The molecule has 4 atom stereocenters. The van der Waals surface area contributed by atoms with E-state index in [-0.39, 0.29) is 23.8 Å². The maximum absolute atomic E-state index is 12.5. The first kappa shape index (κ1) is 17.2. The highest BCUT2D eigenvalue weighted by Crippen LogP contribution is 2.60. The molecule has 1 amide bonds. The molecule has 2 saturated carbocycles. The number of carbonyl (C=O) groups is 1. The van der Waals surface area contributed by atoms with Gasteiger partial charge >= 0.3 is 0 Å². The van der Waals surface area contributed by atoms with Gasteiger partial charge in [-0.25, -0.2) is 0 Å². The number of nitriles is 1. The monoisotopic (exact) mass is 393 g/mol. The van der Waals surface area contributed by atoms with Crippen molar-refractivity contribution in [2.24, 2.45) is 11.8 Å². The molecule has 2 unspecified atom stereocenters. The molecule has 0 radical (unpaired) electrons. The topological polar surface area (TPSA) is 115 Å². The molecule has 2 heterocycles. The minimum absolute atomic E-state index is 0.0255. The molecule has 2 fully saturated rings. The Morgan fingerprint density at radius 3 is 2.82 bits per heavy atom. The summed E-state index contributed by atoms with van der Waals surface area (Å²) in [6.45, 7) is 0. The number of nitrogens with zero attached hydrogens (tertiary/aromatic N) is 3. The summed E-state index contributed by atoms with van der Waals surface area (Å²) < 4.78 is 0. The second kappa shape index (κ2) is 6.03. The lowest BCUT2D eigenvalue weighted by Gasteiger charge is -2.27. The van der Waals surface area contributed by atoms with E-state index in [0.29, 0.717) is 29.0 Å². The zero-order valence-corrected chi connectivity index (χ0v) is 15.4. The van der Waals surface area contributed by atoms with Crippen molar-refractivity contribution >= 4 is 28.4 Å². The van der Waals surface area contributed by atoms with Gasteiger partial charge in [-0.3, -0.25) is 14.9 Å². The third-order valence-electron chi connectivity index (χ3n) is 5.93. The predicted octanol–water partition coefficient (Wildman–Crippen LogP) is 2.51. The van der Waals surface area contributed by atoms with Gasteiger partial charge < -0.3 is 10.4 Å². The number of rotatable bonds is 3. The smallest absolute Gasteiger partial charge is 0.253 e. The van der Waals surface area contributed by atoms with E-state index in [4.69, 9.17) is 16.9 Å². The molecule has 5 rings (SSSR count). The van der Waals surface area contributed by atoms with Gasteiger partial charge in [-0.2, -0.15) is 10.4 Å². The molecule has 0 spiro atoms. The van der Waals surface area contributed by atoms with Crippen molar-refractivity contribution in [3.05, 3.63) is 58.5 Å². The molecule has 28 heavy (non-hydrogen) atoms. The number of aliphatic hydroxyl groups is 1. The lowest BCUT2D eigenvalue weighted by Crippen LogP contribution is -2.33. The molecule has 2 aliphatic carbocycles. The molecule has 0 saturated heterocycles. The number of benzene rings is 1. The van der Waals surface area contributed by atoms with Gasteiger partial charge in [-0.05, 0) is 48.4 Å². The Morgan fingerprint density at radius 1 is 1.29 bits per heavy atom. The fraction of sp³-hybridized carbons (Fsp3) is 0.300. The van der Waals surface area contributed by atoms with Gasteiger partial charge in [0.25, 0.3) is 5.91 Å². The summed E-state index contributed by atoms with van der Waals surface area (Å²) >= 11 is 6.21. The van der Waals surface area contributed by atoms with E-state index in [0.717, 1.165) is 16.5 Å². The van der Waals surface area contributed by atoms with Gasteiger partial charge in [0.2, 0.25) is 0 Å². The van der Waals surface area contributed by atoms with Crippen molar-refractivity contribution in [1.82, 2.24) is 20.5 Å². The zero-order chi connectivity index (χ0) is 19.5. The van der Waals surface area contributed by atoms with Crippen molar-refractivity contribution in [3.63, 3.8) is 0 Å². The molecule has 0 bridgehead atoms. The first-order chi connectivity index (χ1) is 13.5. The van der Waals surface area contributed by atoms with Crippen LogP contribution in [-0.4, -0.2) is 32.2 Å². The average molecular weight is 394 g/mol. The lowest BCUT2D eigenvalue weighted by molar-refractivity contribution is 0.0293. The van der Waals surface area contributed by atoms with E-state index in [9.17, 15) is 9.90 Å². The molecule has 3 N–H and O–H groups in total. The summed E-state index contributed by atoms with van der Waals surface area (Å²) in [5.41, 5.74) is 1.32. The first-order valence-corrected chi connectivity index (χ1v) is 9.38. The van der Waals surface area contributed by atoms with Crippen molar-refractivity contribution in [1.29, 1.82) is 5.26 Å². The molecule has 140 valence electrons. The summed E-state index contributed by atoms with van der Waals surface area (Å²) in [4.78, 5) is 16.4. The number of pyridine rings is 1. The van der Waals surface area contributed by atoms with Gasteiger partial charge in [-0.1, -0.05) is 11.6 Å². The van der Waals surface area contributed by atoms with Crippen LogP contribution in [0.25, 0.3) is 10.9 Å². The number of hydrogen-bond donors (Lipinski definition) is 3. The molecular formula is C20H16ClN5O2. The van der Waals surface area contributed by atoms with Gasteiger partial charge in [0.15, 0.2) is 0 Å². The van der Waals surface area contributed by atoms with E-state index < -0.39 is 5.60 Å². The summed E-state index contributed by atoms with van der Waals surface area (Å²) in [7, 11) is 0. The van der Waals surface area contributed by atoms with E-state index >= 15 is 0 Å². The molecule has 2 aromatic heterocycles. The van der Waals surface area contributed by atoms with Gasteiger partial charge in [-0.15, -0.1) is 0 Å². The number of halogens is 1. The van der Waals surface area contributed by atoms with Crippen molar-refractivity contribution < 1.29 is 9.90 Å². The number of aromatic amines is 1. The van der Waals surface area contributed by atoms with Crippen LogP contribution >= 0.6 is 11.6 Å². The zero-order valence-electron chi connectivity index (χ0n) is 14.7. The fourth-order valence-electron chi connectivity index (χ4n) is 4.56. The molecule has 7 nitrogen and oxygen atoms in total. The molecular weight excluding hydrogens is 378 g/mol. The lowest BCUT2D eigenvalue weighted by atomic mass is 9.86. The van der Waals surface area contributed by atoms with Crippen molar-refractivity contribution in [2.75, 3.05) is 0 Å². The highest BCUT2D eigenvalue weighted by Gasteiger charge is 2.62. The highest BCUT2D eigenvalue weighted by atomic mass is 35.5. The van der Waals surface area contributed by atoms with Crippen LogP contribution in [0.2, 0.25) is 5.02 Å². The Kier molecular flexibility index (Phi) is 3.69. The van der Waals surface area contributed by atoms with Crippen molar-refractivity contribution in [2.45, 2.75) is 24.5 Å². The number of amides is 1. The minimum Gasteiger partial charge on any atom is -0.385 e. The number of H-pyrrole nitrogens is 1. The van der Waals surface area contributed by atoms with E-state index in [1.807, 2.05) is 6.07 Å². The van der Waals surface area contributed by atoms with E-state index in [1.54, 1.807) is 18.3 Å². The van der Waals surface area contributed by atoms with Crippen molar-refractivity contribution in [3.8, 4) is 6.07 Å². The van der Waals surface area contributed by atoms with Crippen LogP contribution in [0.1, 0.15) is 34.3 Å². The molecule has 1 aromatic carbocycles. The van der Waals surface area contributed by atoms with Crippen LogP contribution in [0.3, 0.4) is 0 Å². The third kappa shape index (κ3) is 2.65. The Labute approximate surface area is 165 Å². The minimum atomic E-state index is -0.980. The Hall–Kier alpha value is -2.95. The standard InChI is InChI=1S/C20H16ClN5O2/c21-12-2-16(15-9-24-26-17(15)3-12)20(28)4-13-14(5-20)18(13)25-19(27)11-1-10(6-22)7-23-8-11/h1-3,7-9,13-14,18,28H,4-5H2,(H,24,26)(H,25,27)/t13-,14+,18?,20?. The van der Waals surface area contributed by atoms with Crippen LogP contribution in [0, 0.1) is 23.2 Å². The second-order valence-corrected chi connectivity index (χ2v) is 8.06. The van der Waals surface area contributed by atoms with E-state index in [2.05, 4.69) is 20.5 Å². The fourth-order valence-corrected chi connectivity index (χ4v) is 4.78. The highest BCUT2D eigenvalue weighted by molar-refractivity contribution is 6.31. The number of nitrogens with one attached hydrogen (secondary N) is 2. The van der Waals surface area contributed by atoms with Crippen LogP contribution in [0.15, 0.2) is 36.8 Å². The molecule has 3 aromatic rings. The van der Waals surface area contributed by atoms with Gasteiger partial charge in [0, 0.05) is 28.8 Å². The predicted molar refractivity (Wildman–Crippen MR) is 101 cm³/mol. The largest absolute Gasteiger partial charge is 0.385 e. The molecule has 8 heteroatoms. The van der Waals surface area contributed by atoms with Gasteiger partial charge in [0.05, 0.1) is 28.4 Å². The summed E-state index contributed by atoms with van der Waals surface area (Å²) in [5, 5.41) is 31.6.